The van der Waals surface area contributed by atoms with E-state index in [0.717, 1.165) is 4.90 Å². The number of hydrogen-bond acceptors (Lipinski definition) is 11. The molecule has 5 N–H and O–H groups in total. The van der Waals surface area contributed by atoms with Gasteiger partial charge in [0.05, 0.1) is 12.1 Å². The Balaban J connectivity index is 0.000000572. The molecule has 36 heavy (non-hydrogen) atoms. The fourth-order valence-electron chi connectivity index (χ4n) is 3.03. The second kappa shape index (κ2) is 11.6. The molecule has 0 bridgehead atoms. The standard InChI is InChI=1S/C16H18N4O7S2.C2HF3O2/c1-6(21)27-15(26-2)8-5-28-13-10(12(23)20(13)11(8)14(24)25)19-9(22)3-7-4-29-16(17)18-7;3-2(4,5)1(6)7/h4,10,13,15H,3,5H2,1-2H3,(H2,17,18)(H,19,22)(H,24,25);(H,6,7)/t10-,13+,15?;/m0./s1. The zero-order valence-electron chi connectivity index (χ0n) is 18.4. The number of nitrogen functional groups attached to an aromatic ring is 1. The summed E-state index contributed by atoms with van der Waals surface area (Å²) in [5.41, 5.74) is 5.88. The molecule has 0 aromatic carbocycles. The molecule has 18 heteroatoms. The molecule has 2 aliphatic rings. The summed E-state index contributed by atoms with van der Waals surface area (Å²) < 4.78 is 41.8. The number of carbonyl (C=O) groups is 5. The Morgan fingerprint density at radius 1 is 1.33 bits per heavy atom. The van der Waals surface area contributed by atoms with Crippen LogP contribution in [0.15, 0.2) is 16.7 Å². The number of hydrogen-bond donors (Lipinski definition) is 4. The molecule has 0 radical (unpaired) electrons. The number of methoxy groups -OCH3 is 1. The van der Waals surface area contributed by atoms with Crippen LogP contribution < -0.4 is 11.1 Å². The van der Waals surface area contributed by atoms with Crippen LogP contribution in [0, 0.1) is 0 Å². The summed E-state index contributed by atoms with van der Waals surface area (Å²) in [6, 6.07) is -0.867. The molecule has 0 aliphatic carbocycles. The number of rotatable bonds is 7. The number of thioether (sulfide) groups is 1. The van der Waals surface area contributed by atoms with Gasteiger partial charge in [0.15, 0.2) is 5.13 Å². The molecular weight excluding hydrogens is 537 g/mol. The van der Waals surface area contributed by atoms with Gasteiger partial charge in [-0.1, -0.05) is 0 Å². The number of aliphatic carboxylic acids is 2. The Morgan fingerprint density at radius 3 is 2.39 bits per heavy atom. The number of anilines is 1. The fraction of sp³-hybridized carbons (Fsp3) is 0.444. The first kappa shape index (κ1) is 28.9. The van der Waals surface area contributed by atoms with E-state index in [1.165, 1.54) is 37.1 Å². The van der Waals surface area contributed by atoms with Gasteiger partial charge in [-0.2, -0.15) is 13.2 Å². The molecule has 1 saturated heterocycles. The summed E-state index contributed by atoms with van der Waals surface area (Å²) in [6.07, 6.45) is -6.34. The summed E-state index contributed by atoms with van der Waals surface area (Å²) in [5.74, 6) is -5.60. The fourth-order valence-corrected chi connectivity index (χ4v) is 4.95. The quantitative estimate of drug-likeness (QED) is 0.202. The Morgan fingerprint density at radius 2 is 1.94 bits per heavy atom. The molecule has 3 heterocycles. The van der Waals surface area contributed by atoms with E-state index in [9.17, 15) is 37.5 Å². The Bertz CT molecular complexity index is 1090. The molecule has 1 aromatic heterocycles. The Kier molecular flexibility index (Phi) is 9.27. The van der Waals surface area contributed by atoms with Gasteiger partial charge in [-0.05, 0) is 0 Å². The van der Waals surface area contributed by atoms with Gasteiger partial charge < -0.3 is 30.7 Å². The van der Waals surface area contributed by atoms with E-state index in [4.69, 9.17) is 25.1 Å². The van der Waals surface area contributed by atoms with Crippen LogP contribution in [0.5, 0.6) is 0 Å². The van der Waals surface area contributed by atoms with E-state index in [2.05, 4.69) is 10.3 Å². The first-order chi connectivity index (χ1) is 16.7. The van der Waals surface area contributed by atoms with Crippen molar-refractivity contribution in [3.63, 3.8) is 0 Å². The topological polar surface area (TPSA) is 198 Å². The van der Waals surface area contributed by atoms with Crippen LogP contribution >= 0.6 is 23.1 Å². The van der Waals surface area contributed by atoms with Gasteiger partial charge in [0.25, 0.3) is 5.91 Å². The van der Waals surface area contributed by atoms with Crippen LogP contribution in [0.3, 0.4) is 0 Å². The minimum atomic E-state index is -5.08. The normalized spacial score (nSPS) is 19.8. The van der Waals surface area contributed by atoms with Gasteiger partial charge in [0, 0.05) is 30.7 Å². The lowest BCUT2D eigenvalue weighted by atomic mass is 10.0. The number of amides is 2. The van der Waals surface area contributed by atoms with Crippen molar-refractivity contribution in [1.82, 2.24) is 15.2 Å². The zero-order valence-corrected chi connectivity index (χ0v) is 20.0. The number of carboxylic acid groups (broad SMARTS) is 2. The number of halogens is 3. The summed E-state index contributed by atoms with van der Waals surface area (Å²) in [6.45, 7) is 1.17. The maximum Gasteiger partial charge on any atom is 0.490 e. The SMILES string of the molecule is COC(OC(C)=O)C1=C(C(=O)O)N2C(=O)[C@H](NC(=O)Cc3csc(N)n3)[C@H]2SC1.O=C(O)C(F)(F)F. The van der Waals surface area contributed by atoms with Crippen molar-refractivity contribution in [2.24, 2.45) is 0 Å². The largest absolute Gasteiger partial charge is 0.490 e. The number of nitrogens with two attached hydrogens (primary N) is 1. The van der Waals surface area contributed by atoms with E-state index >= 15 is 0 Å². The van der Waals surface area contributed by atoms with E-state index in [-0.39, 0.29) is 23.4 Å². The van der Waals surface area contributed by atoms with Gasteiger partial charge >= 0.3 is 24.1 Å². The number of carbonyl (C=O) groups excluding carboxylic acids is 3. The molecule has 1 fully saturated rings. The number of fused-ring (bicyclic) bond motifs is 1. The minimum Gasteiger partial charge on any atom is -0.477 e. The van der Waals surface area contributed by atoms with Gasteiger partial charge in [-0.25, -0.2) is 14.6 Å². The number of aromatic nitrogens is 1. The van der Waals surface area contributed by atoms with Crippen molar-refractivity contribution in [3.05, 3.63) is 22.3 Å². The molecule has 1 aromatic rings. The highest BCUT2D eigenvalue weighted by molar-refractivity contribution is 8.00. The van der Waals surface area contributed by atoms with Crippen molar-refractivity contribution in [3.8, 4) is 0 Å². The van der Waals surface area contributed by atoms with Crippen molar-refractivity contribution >= 4 is 58.0 Å². The van der Waals surface area contributed by atoms with Crippen molar-refractivity contribution < 1.29 is 56.8 Å². The molecule has 1 unspecified atom stereocenters. The molecule has 0 saturated carbocycles. The first-order valence-corrected chi connectivity index (χ1v) is 11.5. The molecule has 3 atom stereocenters. The number of nitrogens with zero attached hydrogens (tertiary/aromatic N) is 2. The molecule has 198 valence electrons. The highest BCUT2D eigenvalue weighted by Crippen LogP contribution is 2.41. The second-order valence-electron chi connectivity index (χ2n) is 6.97. The average Bonchev–Trinajstić information content (AvgIpc) is 3.18. The number of nitrogens with one attached hydrogen (secondary N) is 1. The lowest BCUT2D eigenvalue weighted by Crippen LogP contribution is -2.71. The first-order valence-electron chi connectivity index (χ1n) is 9.57. The van der Waals surface area contributed by atoms with Crippen LogP contribution in [0.4, 0.5) is 18.3 Å². The molecule has 0 spiro atoms. The predicted molar refractivity (Wildman–Crippen MR) is 116 cm³/mol. The Hall–Kier alpha value is -3.38. The van der Waals surface area contributed by atoms with Gasteiger partial charge in [-0.15, -0.1) is 23.1 Å². The summed E-state index contributed by atoms with van der Waals surface area (Å²) in [7, 11) is 1.27. The minimum absolute atomic E-state index is 0.0417. The van der Waals surface area contributed by atoms with E-state index in [1.807, 2.05) is 0 Å². The van der Waals surface area contributed by atoms with E-state index in [0.29, 0.717) is 10.8 Å². The third kappa shape index (κ3) is 6.85. The highest BCUT2D eigenvalue weighted by Gasteiger charge is 2.55. The summed E-state index contributed by atoms with van der Waals surface area (Å²) >= 11 is 2.45. The molecule has 2 aliphatic heterocycles. The van der Waals surface area contributed by atoms with Crippen LogP contribution in [0.2, 0.25) is 0 Å². The van der Waals surface area contributed by atoms with Gasteiger partial charge in [-0.3, -0.25) is 19.3 Å². The molecule has 13 nitrogen and oxygen atoms in total. The van der Waals surface area contributed by atoms with Crippen molar-refractivity contribution in [2.75, 3.05) is 18.6 Å². The van der Waals surface area contributed by atoms with E-state index in [1.54, 1.807) is 5.38 Å². The van der Waals surface area contributed by atoms with Gasteiger partial charge in [0.2, 0.25) is 12.2 Å². The summed E-state index contributed by atoms with van der Waals surface area (Å²) in [4.78, 5) is 61.9. The van der Waals surface area contributed by atoms with Crippen molar-refractivity contribution in [1.29, 1.82) is 0 Å². The molecule has 2 amide bonds. The lowest BCUT2D eigenvalue weighted by Gasteiger charge is -2.49. The van der Waals surface area contributed by atoms with Crippen LogP contribution in [0.25, 0.3) is 0 Å². The number of carboxylic acids is 2. The number of ether oxygens (including phenoxy) is 2. The third-order valence-corrected chi connectivity index (χ3v) is 6.47. The number of alkyl halides is 3. The van der Waals surface area contributed by atoms with Crippen LogP contribution in [-0.2, 0) is 39.9 Å². The van der Waals surface area contributed by atoms with Crippen LogP contribution in [0.1, 0.15) is 12.6 Å². The highest BCUT2D eigenvalue weighted by atomic mass is 32.2. The summed E-state index contributed by atoms with van der Waals surface area (Å²) in [5, 5.41) is 20.8. The molecular formula is C18H19F3N4O9S2. The number of esters is 1. The monoisotopic (exact) mass is 556 g/mol. The second-order valence-corrected chi connectivity index (χ2v) is 8.96. The average molecular weight is 556 g/mol. The number of thiazole rings is 1. The van der Waals surface area contributed by atoms with Gasteiger partial charge in [0.1, 0.15) is 17.1 Å². The molecule has 3 rings (SSSR count). The number of β-lactam (4-membered cyclic amide) rings is 1. The Labute approximate surface area is 208 Å². The van der Waals surface area contributed by atoms with Crippen LogP contribution in [-0.4, -0.2) is 86.6 Å². The van der Waals surface area contributed by atoms with Crippen molar-refractivity contribution in [2.45, 2.75) is 37.2 Å². The maximum atomic E-state index is 12.6. The third-order valence-electron chi connectivity index (χ3n) is 4.44. The van der Waals surface area contributed by atoms with E-state index < -0.39 is 53.6 Å². The maximum absolute atomic E-state index is 12.6. The lowest BCUT2D eigenvalue weighted by molar-refractivity contribution is -0.192. The predicted octanol–water partition coefficient (Wildman–Crippen LogP) is 0.175. The zero-order chi connectivity index (χ0) is 27.4. The smallest absolute Gasteiger partial charge is 0.477 e.